The summed E-state index contributed by atoms with van der Waals surface area (Å²) in [4.78, 5) is 12.0. The number of hydrogen-bond acceptors (Lipinski definition) is 3. The fraction of sp³-hybridized carbons (Fsp3) is 0.727. The van der Waals surface area contributed by atoms with Crippen molar-refractivity contribution in [2.75, 3.05) is 7.11 Å². The quantitative estimate of drug-likeness (QED) is 0.890. The summed E-state index contributed by atoms with van der Waals surface area (Å²) in [5.74, 6) is 0. The number of aliphatic hydroxyl groups is 1. The number of nitrogens with one attached hydrogen (secondary N) is 1. The van der Waals surface area contributed by atoms with Crippen molar-refractivity contribution in [3.63, 3.8) is 0 Å². The predicted molar refractivity (Wildman–Crippen MR) is 67.0 cm³/mol. The maximum atomic E-state index is 12.0. The molecule has 1 saturated carbocycles. The van der Waals surface area contributed by atoms with Crippen molar-refractivity contribution in [3.05, 3.63) is 20.5 Å². The van der Waals surface area contributed by atoms with Crippen molar-refractivity contribution < 1.29 is 9.84 Å². The van der Waals surface area contributed by atoms with E-state index in [1.54, 1.807) is 7.11 Å². The molecule has 0 spiro atoms. The van der Waals surface area contributed by atoms with E-state index in [0.717, 1.165) is 31.4 Å². The lowest BCUT2D eigenvalue weighted by Gasteiger charge is -2.27. The molecule has 5 nitrogen and oxygen atoms in total. The number of nitrogens with zero attached hydrogens (tertiary/aromatic N) is 1. The summed E-state index contributed by atoms with van der Waals surface area (Å²) < 4.78 is 7.04. The number of aromatic amines is 1. The SMILES string of the molecule is COCc1[nH]n(C2CCCCC2O)c(=O)c1Br. The lowest BCUT2D eigenvalue weighted by Crippen LogP contribution is -2.33. The van der Waals surface area contributed by atoms with Gasteiger partial charge in [0.2, 0.25) is 0 Å². The second-order valence-electron chi connectivity index (χ2n) is 4.43. The summed E-state index contributed by atoms with van der Waals surface area (Å²) >= 11 is 3.26. The zero-order chi connectivity index (χ0) is 12.4. The van der Waals surface area contributed by atoms with E-state index in [1.807, 2.05) is 0 Å². The molecule has 6 heteroatoms. The number of H-pyrrole nitrogens is 1. The highest BCUT2D eigenvalue weighted by Crippen LogP contribution is 2.28. The van der Waals surface area contributed by atoms with Gasteiger partial charge in [0.15, 0.2) is 0 Å². The summed E-state index contributed by atoms with van der Waals surface area (Å²) in [6.07, 6.45) is 3.22. The van der Waals surface area contributed by atoms with E-state index in [9.17, 15) is 9.90 Å². The summed E-state index contributed by atoms with van der Waals surface area (Å²) in [5, 5.41) is 13.0. The molecule has 1 aliphatic rings. The van der Waals surface area contributed by atoms with Crippen LogP contribution < -0.4 is 5.56 Å². The predicted octanol–water partition coefficient (Wildman–Crippen LogP) is 1.56. The highest BCUT2D eigenvalue weighted by Gasteiger charge is 2.27. The van der Waals surface area contributed by atoms with Gasteiger partial charge in [-0.05, 0) is 28.8 Å². The molecule has 0 radical (unpaired) electrons. The van der Waals surface area contributed by atoms with Gasteiger partial charge in [0.25, 0.3) is 5.56 Å². The lowest BCUT2D eigenvalue weighted by molar-refractivity contribution is 0.0671. The molecule has 17 heavy (non-hydrogen) atoms. The van der Waals surface area contributed by atoms with Gasteiger partial charge < -0.3 is 9.84 Å². The topological polar surface area (TPSA) is 67.2 Å². The summed E-state index contributed by atoms with van der Waals surface area (Å²) in [6.45, 7) is 0.353. The van der Waals surface area contributed by atoms with E-state index in [-0.39, 0.29) is 11.6 Å². The average Bonchev–Trinajstić information content (AvgIpc) is 2.59. The van der Waals surface area contributed by atoms with E-state index in [2.05, 4.69) is 21.0 Å². The normalized spacial score (nSPS) is 25.1. The molecule has 1 aromatic heterocycles. The molecule has 2 atom stereocenters. The number of aliphatic hydroxyl groups excluding tert-OH is 1. The Kier molecular flexibility index (Phi) is 4.06. The maximum absolute atomic E-state index is 12.0. The first-order chi connectivity index (χ1) is 8.15. The van der Waals surface area contributed by atoms with Crippen LogP contribution in [0.2, 0.25) is 0 Å². The third kappa shape index (κ3) is 2.48. The van der Waals surface area contributed by atoms with Crippen molar-refractivity contribution in [2.45, 2.75) is 44.4 Å². The number of hydrogen-bond donors (Lipinski definition) is 2. The van der Waals surface area contributed by atoms with Crippen LogP contribution in [0, 0.1) is 0 Å². The Morgan fingerprint density at radius 3 is 2.88 bits per heavy atom. The van der Waals surface area contributed by atoms with Crippen LogP contribution in [0.15, 0.2) is 9.27 Å². The standard InChI is InChI=1S/C11H17BrN2O3/c1-17-6-7-10(12)11(16)14(13-7)8-4-2-3-5-9(8)15/h8-9,13,15H,2-6H2,1H3. The van der Waals surface area contributed by atoms with Gasteiger partial charge in [0.1, 0.15) is 4.47 Å². The van der Waals surface area contributed by atoms with Crippen LogP contribution in [0.3, 0.4) is 0 Å². The Morgan fingerprint density at radius 2 is 2.24 bits per heavy atom. The van der Waals surface area contributed by atoms with Gasteiger partial charge in [-0.1, -0.05) is 12.8 Å². The first kappa shape index (κ1) is 12.9. The maximum Gasteiger partial charge on any atom is 0.281 e. The van der Waals surface area contributed by atoms with Crippen molar-refractivity contribution in [1.29, 1.82) is 0 Å². The summed E-state index contributed by atoms with van der Waals surface area (Å²) in [6, 6.07) is -0.141. The first-order valence-corrected chi connectivity index (χ1v) is 6.60. The van der Waals surface area contributed by atoms with Gasteiger partial charge in [-0.15, -0.1) is 0 Å². The lowest BCUT2D eigenvalue weighted by atomic mass is 9.93. The summed E-state index contributed by atoms with van der Waals surface area (Å²) in [5.41, 5.74) is 0.596. The second kappa shape index (κ2) is 5.37. The Balaban J connectivity index is 2.31. The number of rotatable bonds is 3. The molecule has 0 saturated heterocycles. The zero-order valence-corrected chi connectivity index (χ0v) is 11.4. The molecule has 2 unspecified atom stereocenters. The van der Waals surface area contributed by atoms with Crippen molar-refractivity contribution in [3.8, 4) is 0 Å². The molecular weight excluding hydrogens is 288 g/mol. The van der Waals surface area contributed by atoms with Crippen molar-refractivity contribution in [1.82, 2.24) is 9.78 Å². The molecule has 1 aromatic rings. The fourth-order valence-corrected chi connectivity index (χ4v) is 2.74. The van der Waals surface area contributed by atoms with Gasteiger partial charge >= 0.3 is 0 Å². The Labute approximate surface area is 108 Å². The minimum absolute atomic E-state index is 0.122. The van der Waals surface area contributed by atoms with E-state index in [0.29, 0.717) is 11.1 Å². The molecule has 0 aromatic carbocycles. The third-order valence-corrected chi connectivity index (χ3v) is 4.06. The highest BCUT2D eigenvalue weighted by atomic mass is 79.9. The van der Waals surface area contributed by atoms with Gasteiger partial charge in [-0.25, -0.2) is 4.68 Å². The largest absolute Gasteiger partial charge is 0.391 e. The molecule has 1 heterocycles. The van der Waals surface area contributed by atoms with Crippen molar-refractivity contribution in [2.24, 2.45) is 0 Å². The number of halogens is 1. The van der Waals surface area contributed by atoms with E-state index in [4.69, 9.17) is 4.74 Å². The van der Waals surface area contributed by atoms with E-state index < -0.39 is 6.10 Å². The molecule has 2 N–H and O–H groups in total. The molecular formula is C11H17BrN2O3. The second-order valence-corrected chi connectivity index (χ2v) is 5.22. The van der Waals surface area contributed by atoms with E-state index >= 15 is 0 Å². The van der Waals surface area contributed by atoms with Gasteiger partial charge in [0, 0.05) is 7.11 Å². The molecule has 1 aliphatic carbocycles. The number of ether oxygens (including phenoxy) is 1. The fourth-order valence-electron chi connectivity index (χ4n) is 2.35. The van der Waals surface area contributed by atoms with Crippen LogP contribution in [0.5, 0.6) is 0 Å². The summed E-state index contributed by atoms with van der Waals surface area (Å²) in [7, 11) is 1.58. The molecule has 0 aliphatic heterocycles. The van der Waals surface area contributed by atoms with Crippen LogP contribution >= 0.6 is 15.9 Å². The van der Waals surface area contributed by atoms with Crippen LogP contribution in [0.4, 0.5) is 0 Å². The minimum atomic E-state index is -0.442. The smallest absolute Gasteiger partial charge is 0.281 e. The highest BCUT2D eigenvalue weighted by molar-refractivity contribution is 9.10. The van der Waals surface area contributed by atoms with Gasteiger partial charge in [0.05, 0.1) is 24.4 Å². The Bertz CT molecular complexity index is 440. The average molecular weight is 305 g/mol. The van der Waals surface area contributed by atoms with Gasteiger partial charge in [-0.3, -0.25) is 9.89 Å². The Morgan fingerprint density at radius 1 is 1.53 bits per heavy atom. The first-order valence-electron chi connectivity index (χ1n) is 5.81. The zero-order valence-electron chi connectivity index (χ0n) is 9.78. The molecule has 1 fully saturated rings. The van der Waals surface area contributed by atoms with Crippen LogP contribution in [0.1, 0.15) is 37.4 Å². The molecule has 0 bridgehead atoms. The molecule has 96 valence electrons. The van der Waals surface area contributed by atoms with Crippen LogP contribution in [0.25, 0.3) is 0 Å². The van der Waals surface area contributed by atoms with Crippen LogP contribution in [-0.4, -0.2) is 28.1 Å². The van der Waals surface area contributed by atoms with Gasteiger partial charge in [-0.2, -0.15) is 0 Å². The number of aromatic nitrogens is 2. The van der Waals surface area contributed by atoms with Crippen LogP contribution in [-0.2, 0) is 11.3 Å². The number of methoxy groups -OCH3 is 1. The Hall–Kier alpha value is -0.590. The van der Waals surface area contributed by atoms with Crippen molar-refractivity contribution >= 4 is 15.9 Å². The monoisotopic (exact) mass is 304 g/mol. The minimum Gasteiger partial charge on any atom is -0.391 e. The third-order valence-electron chi connectivity index (χ3n) is 3.24. The molecule has 0 amide bonds. The van der Waals surface area contributed by atoms with E-state index in [1.165, 1.54) is 4.68 Å². The molecule has 2 rings (SSSR count).